The van der Waals surface area contributed by atoms with E-state index < -0.39 is 30.3 Å². The molecule has 1 heterocycles. The van der Waals surface area contributed by atoms with Crippen molar-refractivity contribution in [3.63, 3.8) is 0 Å². The summed E-state index contributed by atoms with van der Waals surface area (Å²) >= 11 is 0. The number of rotatable bonds is 6. The SMILES string of the molecule is C=C1COC(O)C(C(OC=C(C)C=O)C(=C)C(=O)O)=CCCCC(O)C1=O. The Labute approximate surface area is 157 Å². The Kier molecular flexibility index (Phi) is 8.80. The maximum Gasteiger partial charge on any atom is 0.335 e. The van der Waals surface area contributed by atoms with Crippen LogP contribution in [0.25, 0.3) is 0 Å². The highest BCUT2D eigenvalue weighted by Gasteiger charge is 2.30. The summed E-state index contributed by atoms with van der Waals surface area (Å²) in [4.78, 5) is 34.0. The number of aliphatic hydroxyl groups is 2. The van der Waals surface area contributed by atoms with Crippen molar-refractivity contribution < 1.29 is 39.2 Å². The third-order valence-corrected chi connectivity index (χ3v) is 3.88. The number of aliphatic carboxylic acids is 1. The van der Waals surface area contributed by atoms with Crippen LogP contribution >= 0.6 is 0 Å². The zero-order chi connectivity index (χ0) is 20.6. The largest absolute Gasteiger partial charge is 0.488 e. The molecule has 1 rings (SSSR count). The molecule has 0 spiro atoms. The first-order chi connectivity index (χ1) is 12.7. The first-order valence-corrected chi connectivity index (χ1v) is 8.28. The van der Waals surface area contributed by atoms with Crippen molar-refractivity contribution in [1.29, 1.82) is 0 Å². The van der Waals surface area contributed by atoms with Gasteiger partial charge in [-0.2, -0.15) is 0 Å². The molecule has 3 N–H and O–H groups in total. The smallest absolute Gasteiger partial charge is 0.335 e. The van der Waals surface area contributed by atoms with Gasteiger partial charge in [-0.1, -0.05) is 19.2 Å². The third kappa shape index (κ3) is 6.59. The minimum atomic E-state index is -1.60. The molecule has 0 aromatic rings. The van der Waals surface area contributed by atoms with E-state index in [2.05, 4.69) is 13.2 Å². The van der Waals surface area contributed by atoms with Gasteiger partial charge in [0, 0.05) is 16.7 Å². The van der Waals surface area contributed by atoms with E-state index in [-0.39, 0.29) is 35.3 Å². The molecule has 148 valence electrons. The van der Waals surface area contributed by atoms with E-state index in [1.54, 1.807) is 0 Å². The van der Waals surface area contributed by atoms with Crippen LogP contribution in [0.3, 0.4) is 0 Å². The summed E-state index contributed by atoms with van der Waals surface area (Å²) in [5.74, 6) is -1.92. The fourth-order valence-corrected chi connectivity index (χ4v) is 2.31. The highest BCUT2D eigenvalue weighted by Crippen LogP contribution is 2.23. The van der Waals surface area contributed by atoms with Gasteiger partial charge in [0.05, 0.1) is 18.4 Å². The number of carbonyl (C=O) groups excluding carboxylic acids is 2. The highest BCUT2D eigenvalue weighted by atomic mass is 16.6. The second kappa shape index (κ2) is 10.6. The molecule has 1 aliphatic rings. The molecule has 0 radical (unpaired) electrons. The minimum absolute atomic E-state index is 0.0194. The van der Waals surface area contributed by atoms with Gasteiger partial charge >= 0.3 is 5.97 Å². The Morgan fingerprint density at radius 3 is 2.70 bits per heavy atom. The molecule has 0 amide bonds. The van der Waals surface area contributed by atoms with Crippen LogP contribution in [0.15, 0.2) is 47.8 Å². The van der Waals surface area contributed by atoms with Gasteiger partial charge in [-0.05, 0) is 26.2 Å². The molecular weight excluding hydrogens is 356 g/mol. The lowest BCUT2D eigenvalue weighted by Gasteiger charge is -2.24. The molecule has 0 aromatic heterocycles. The number of hydrogen-bond acceptors (Lipinski definition) is 7. The molecule has 0 saturated heterocycles. The molecule has 8 heteroatoms. The zero-order valence-electron chi connectivity index (χ0n) is 15.1. The van der Waals surface area contributed by atoms with Gasteiger partial charge in [0.15, 0.2) is 18.2 Å². The lowest BCUT2D eigenvalue weighted by atomic mass is 9.99. The van der Waals surface area contributed by atoms with Crippen molar-refractivity contribution >= 4 is 18.0 Å². The second-order valence-corrected chi connectivity index (χ2v) is 6.11. The number of carboxylic acids is 1. The number of aldehydes is 1. The predicted molar refractivity (Wildman–Crippen MR) is 95.5 cm³/mol. The van der Waals surface area contributed by atoms with E-state index in [0.717, 1.165) is 6.26 Å². The first kappa shape index (κ1) is 22.5. The Balaban J connectivity index is 3.19. The number of ether oxygens (including phenoxy) is 2. The average Bonchev–Trinajstić information content (AvgIpc) is 2.66. The highest BCUT2D eigenvalue weighted by molar-refractivity contribution is 5.98. The van der Waals surface area contributed by atoms with Gasteiger partial charge in [-0.25, -0.2) is 4.79 Å². The van der Waals surface area contributed by atoms with Gasteiger partial charge in [-0.15, -0.1) is 0 Å². The molecule has 27 heavy (non-hydrogen) atoms. The van der Waals surface area contributed by atoms with Gasteiger partial charge in [0.25, 0.3) is 0 Å². The van der Waals surface area contributed by atoms with Crippen LogP contribution in [-0.4, -0.2) is 58.5 Å². The van der Waals surface area contributed by atoms with Crippen molar-refractivity contribution in [3.8, 4) is 0 Å². The van der Waals surface area contributed by atoms with Gasteiger partial charge in [-0.3, -0.25) is 9.59 Å². The summed E-state index contributed by atoms with van der Waals surface area (Å²) < 4.78 is 10.6. The van der Waals surface area contributed by atoms with Crippen molar-refractivity contribution in [2.24, 2.45) is 0 Å². The summed E-state index contributed by atoms with van der Waals surface area (Å²) in [6.45, 7) is 8.10. The van der Waals surface area contributed by atoms with E-state index in [0.29, 0.717) is 19.1 Å². The zero-order valence-corrected chi connectivity index (χ0v) is 15.1. The summed E-state index contributed by atoms with van der Waals surface area (Å²) in [7, 11) is 0. The van der Waals surface area contributed by atoms with Crippen LogP contribution in [-0.2, 0) is 23.9 Å². The number of ketones is 1. The number of Topliss-reactive ketones (excluding diaryl/α,β-unsaturated/α-hetero) is 1. The van der Waals surface area contributed by atoms with Gasteiger partial charge in [0.2, 0.25) is 0 Å². The van der Waals surface area contributed by atoms with Crippen molar-refractivity contribution in [2.45, 2.75) is 44.7 Å². The molecule has 0 aliphatic carbocycles. The fraction of sp³-hybridized carbons (Fsp3) is 0.421. The van der Waals surface area contributed by atoms with E-state index >= 15 is 0 Å². The Bertz CT molecular complexity index is 673. The number of hydrogen-bond donors (Lipinski definition) is 3. The number of carboxylic acid groups (broad SMARTS) is 1. The topological polar surface area (TPSA) is 130 Å². The monoisotopic (exact) mass is 380 g/mol. The number of allylic oxidation sites excluding steroid dienone is 2. The fourth-order valence-electron chi connectivity index (χ4n) is 2.31. The Morgan fingerprint density at radius 2 is 2.11 bits per heavy atom. The molecule has 3 atom stereocenters. The van der Waals surface area contributed by atoms with E-state index in [4.69, 9.17) is 9.47 Å². The van der Waals surface area contributed by atoms with Crippen molar-refractivity contribution in [1.82, 2.24) is 0 Å². The second-order valence-electron chi connectivity index (χ2n) is 6.11. The number of aliphatic hydroxyl groups excluding tert-OH is 2. The standard InChI is InChI=1S/C19H24O8/c1-11(8-20)9-26-17(13(3)18(23)24)14-6-4-5-7-15(21)16(22)12(2)10-27-19(14)25/h6,8-9,15,17,19,21,25H,2-5,7,10H2,1H3,(H,23,24). The van der Waals surface area contributed by atoms with Gasteiger partial charge in [0.1, 0.15) is 12.4 Å². The maximum absolute atomic E-state index is 11.9. The molecule has 1 aliphatic heterocycles. The Hall–Kier alpha value is -2.55. The van der Waals surface area contributed by atoms with Crippen LogP contribution in [0.2, 0.25) is 0 Å². The lowest BCUT2D eigenvalue weighted by Crippen LogP contribution is -2.31. The average molecular weight is 380 g/mol. The summed E-state index contributed by atoms with van der Waals surface area (Å²) in [6, 6.07) is 0. The molecule has 3 unspecified atom stereocenters. The quantitative estimate of drug-likeness (QED) is 0.270. The van der Waals surface area contributed by atoms with Crippen LogP contribution < -0.4 is 0 Å². The first-order valence-electron chi connectivity index (χ1n) is 8.28. The molecule has 0 bridgehead atoms. The molecule has 8 nitrogen and oxygen atoms in total. The van der Waals surface area contributed by atoms with Crippen molar-refractivity contribution in [3.05, 3.63) is 47.8 Å². The Morgan fingerprint density at radius 1 is 1.44 bits per heavy atom. The van der Waals surface area contributed by atoms with E-state index in [1.807, 2.05) is 0 Å². The predicted octanol–water partition coefficient (Wildman–Crippen LogP) is 1.05. The minimum Gasteiger partial charge on any atom is -0.488 e. The van der Waals surface area contributed by atoms with Crippen LogP contribution in [0.4, 0.5) is 0 Å². The maximum atomic E-state index is 11.9. The molecular formula is C19H24O8. The molecule has 0 aromatic carbocycles. The summed E-state index contributed by atoms with van der Waals surface area (Å²) in [6.07, 6.45) is -0.119. The molecule has 0 saturated carbocycles. The van der Waals surface area contributed by atoms with E-state index in [9.17, 15) is 29.7 Å². The van der Waals surface area contributed by atoms with Crippen LogP contribution in [0.5, 0.6) is 0 Å². The van der Waals surface area contributed by atoms with Gasteiger partial charge < -0.3 is 24.8 Å². The number of carbonyl (C=O) groups is 3. The summed E-state index contributed by atoms with van der Waals surface area (Å²) in [5, 5.41) is 29.5. The van der Waals surface area contributed by atoms with E-state index in [1.165, 1.54) is 13.0 Å². The normalized spacial score (nSPS) is 23.7. The third-order valence-electron chi connectivity index (χ3n) is 3.88. The van der Waals surface area contributed by atoms with Crippen LogP contribution in [0, 0.1) is 0 Å². The summed E-state index contributed by atoms with van der Waals surface area (Å²) in [5.41, 5.74) is -0.125. The molecule has 0 fully saturated rings. The van der Waals surface area contributed by atoms with Crippen LogP contribution in [0.1, 0.15) is 26.2 Å². The lowest BCUT2D eigenvalue weighted by molar-refractivity contribution is -0.133. The van der Waals surface area contributed by atoms with Crippen molar-refractivity contribution in [2.75, 3.05) is 6.61 Å².